The Labute approximate surface area is 97.0 Å². The zero-order chi connectivity index (χ0) is 10.8. The second kappa shape index (κ2) is 4.06. The van der Waals surface area contributed by atoms with E-state index in [0.717, 1.165) is 28.0 Å². The largest absolute Gasteiger partial charge is 0.398 e. The van der Waals surface area contributed by atoms with Crippen molar-refractivity contribution >= 4 is 21.6 Å². The third kappa shape index (κ3) is 2.21. The van der Waals surface area contributed by atoms with E-state index in [0.29, 0.717) is 0 Å². The number of halogens is 1. The summed E-state index contributed by atoms with van der Waals surface area (Å²) in [5.74, 6) is 0. The molecule has 0 aliphatic rings. The lowest BCUT2D eigenvalue weighted by Crippen LogP contribution is -2.03. The Morgan fingerprint density at radius 1 is 1.40 bits per heavy atom. The lowest BCUT2D eigenvalue weighted by molar-refractivity contribution is 0.665. The standard InChI is InChI=1S/C11H12BrN3/c1-8-4-5-14-15(8)7-9-2-3-10(12)11(13)6-9/h2-6H,7,13H2,1H3. The summed E-state index contributed by atoms with van der Waals surface area (Å²) in [5, 5.41) is 4.23. The Morgan fingerprint density at radius 3 is 2.80 bits per heavy atom. The van der Waals surface area contributed by atoms with Crippen LogP contribution in [0.4, 0.5) is 5.69 Å². The third-order valence-corrected chi connectivity index (χ3v) is 3.04. The first kappa shape index (κ1) is 10.2. The van der Waals surface area contributed by atoms with Crippen molar-refractivity contribution in [1.29, 1.82) is 0 Å². The zero-order valence-corrected chi connectivity index (χ0v) is 10.0. The van der Waals surface area contributed by atoms with Crippen molar-refractivity contribution in [1.82, 2.24) is 9.78 Å². The van der Waals surface area contributed by atoms with Gasteiger partial charge in [0.1, 0.15) is 0 Å². The number of hydrogen-bond acceptors (Lipinski definition) is 2. The van der Waals surface area contributed by atoms with E-state index in [1.165, 1.54) is 0 Å². The number of nitrogen functional groups attached to an aromatic ring is 1. The summed E-state index contributed by atoms with van der Waals surface area (Å²) in [5.41, 5.74) is 8.88. The summed E-state index contributed by atoms with van der Waals surface area (Å²) in [6.07, 6.45) is 1.80. The summed E-state index contributed by atoms with van der Waals surface area (Å²) in [4.78, 5) is 0. The van der Waals surface area contributed by atoms with Gasteiger partial charge < -0.3 is 5.73 Å². The zero-order valence-electron chi connectivity index (χ0n) is 8.44. The minimum absolute atomic E-state index is 0.760. The summed E-state index contributed by atoms with van der Waals surface area (Å²) in [6, 6.07) is 7.96. The molecule has 0 aliphatic carbocycles. The topological polar surface area (TPSA) is 43.8 Å². The maximum atomic E-state index is 5.81. The number of aromatic nitrogens is 2. The van der Waals surface area contributed by atoms with E-state index in [1.54, 1.807) is 6.20 Å². The second-order valence-electron chi connectivity index (χ2n) is 3.49. The Balaban J connectivity index is 2.25. The number of benzene rings is 1. The molecule has 0 saturated carbocycles. The molecule has 0 spiro atoms. The minimum atomic E-state index is 0.760. The van der Waals surface area contributed by atoms with Gasteiger partial charge in [0.05, 0.1) is 6.54 Å². The molecule has 0 fully saturated rings. The molecule has 4 heteroatoms. The van der Waals surface area contributed by atoms with Crippen LogP contribution in [0.3, 0.4) is 0 Å². The van der Waals surface area contributed by atoms with Crippen molar-refractivity contribution in [3.05, 3.63) is 46.2 Å². The molecule has 0 unspecified atom stereocenters. The van der Waals surface area contributed by atoms with Crippen LogP contribution in [0.15, 0.2) is 34.9 Å². The maximum absolute atomic E-state index is 5.81. The normalized spacial score (nSPS) is 10.5. The molecule has 1 heterocycles. The number of aryl methyl sites for hydroxylation is 1. The van der Waals surface area contributed by atoms with E-state index in [1.807, 2.05) is 35.9 Å². The van der Waals surface area contributed by atoms with E-state index in [-0.39, 0.29) is 0 Å². The number of nitrogens with two attached hydrogens (primary N) is 1. The van der Waals surface area contributed by atoms with Crippen molar-refractivity contribution in [3.8, 4) is 0 Å². The highest BCUT2D eigenvalue weighted by Gasteiger charge is 2.01. The molecule has 0 radical (unpaired) electrons. The van der Waals surface area contributed by atoms with E-state index >= 15 is 0 Å². The van der Waals surface area contributed by atoms with Gasteiger partial charge >= 0.3 is 0 Å². The van der Waals surface area contributed by atoms with Gasteiger partial charge in [0, 0.05) is 22.1 Å². The molecular weight excluding hydrogens is 254 g/mol. The first-order valence-electron chi connectivity index (χ1n) is 4.69. The summed E-state index contributed by atoms with van der Waals surface area (Å²) < 4.78 is 2.88. The molecule has 1 aromatic heterocycles. The lowest BCUT2D eigenvalue weighted by Gasteiger charge is -2.06. The fourth-order valence-electron chi connectivity index (χ4n) is 1.43. The first-order chi connectivity index (χ1) is 7.16. The minimum Gasteiger partial charge on any atom is -0.398 e. The molecule has 78 valence electrons. The van der Waals surface area contributed by atoms with E-state index in [2.05, 4.69) is 21.0 Å². The number of nitrogens with zero attached hydrogens (tertiary/aromatic N) is 2. The number of anilines is 1. The smallest absolute Gasteiger partial charge is 0.0663 e. The summed E-state index contributed by atoms with van der Waals surface area (Å²) in [7, 11) is 0. The third-order valence-electron chi connectivity index (χ3n) is 2.32. The fraction of sp³-hybridized carbons (Fsp3) is 0.182. The summed E-state index contributed by atoms with van der Waals surface area (Å²) >= 11 is 3.37. The monoisotopic (exact) mass is 265 g/mol. The van der Waals surface area contributed by atoms with Crippen molar-refractivity contribution in [2.45, 2.75) is 13.5 Å². The average molecular weight is 266 g/mol. The molecular formula is C11H12BrN3. The van der Waals surface area contributed by atoms with Crippen molar-refractivity contribution in [2.24, 2.45) is 0 Å². The van der Waals surface area contributed by atoms with Gasteiger partial charge in [-0.2, -0.15) is 5.10 Å². The lowest BCUT2D eigenvalue weighted by atomic mass is 10.2. The number of hydrogen-bond donors (Lipinski definition) is 1. The van der Waals surface area contributed by atoms with Gasteiger partial charge in [-0.1, -0.05) is 6.07 Å². The SMILES string of the molecule is Cc1ccnn1Cc1ccc(Br)c(N)c1. The number of rotatable bonds is 2. The van der Waals surface area contributed by atoms with Crippen molar-refractivity contribution in [3.63, 3.8) is 0 Å². The molecule has 2 rings (SSSR count). The fourth-order valence-corrected chi connectivity index (χ4v) is 1.68. The molecule has 0 atom stereocenters. The van der Waals surface area contributed by atoms with Crippen LogP contribution in [-0.4, -0.2) is 9.78 Å². The van der Waals surface area contributed by atoms with Gasteiger partial charge in [0.2, 0.25) is 0 Å². The molecule has 0 saturated heterocycles. The van der Waals surface area contributed by atoms with E-state index in [4.69, 9.17) is 5.73 Å². The molecule has 15 heavy (non-hydrogen) atoms. The van der Waals surface area contributed by atoms with Crippen LogP contribution in [0, 0.1) is 6.92 Å². The molecule has 2 N–H and O–H groups in total. The van der Waals surface area contributed by atoms with Crippen molar-refractivity contribution in [2.75, 3.05) is 5.73 Å². The molecule has 0 amide bonds. The van der Waals surface area contributed by atoms with Gasteiger partial charge in [0.25, 0.3) is 0 Å². The van der Waals surface area contributed by atoms with Gasteiger partial charge in [-0.3, -0.25) is 4.68 Å². The van der Waals surface area contributed by atoms with E-state index in [9.17, 15) is 0 Å². The van der Waals surface area contributed by atoms with Crippen LogP contribution >= 0.6 is 15.9 Å². The molecule has 3 nitrogen and oxygen atoms in total. The van der Waals surface area contributed by atoms with Crippen LogP contribution in [0.2, 0.25) is 0 Å². The summed E-state index contributed by atoms with van der Waals surface area (Å²) in [6.45, 7) is 2.80. The van der Waals surface area contributed by atoms with Gasteiger partial charge in [0.15, 0.2) is 0 Å². The Morgan fingerprint density at radius 2 is 2.20 bits per heavy atom. The van der Waals surface area contributed by atoms with Crippen molar-refractivity contribution < 1.29 is 0 Å². The van der Waals surface area contributed by atoms with Crippen LogP contribution < -0.4 is 5.73 Å². The van der Waals surface area contributed by atoms with Gasteiger partial charge in [-0.15, -0.1) is 0 Å². The highest BCUT2D eigenvalue weighted by atomic mass is 79.9. The second-order valence-corrected chi connectivity index (χ2v) is 4.34. The highest BCUT2D eigenvalue weighted by Crippen LogP contribution is 2.20. The predicted octanol–water partition coefficient (Wildman–Crippen LogP) is 2.58. The molecule has 0 bridgehead atoms. The quantitative estimate of drug-likeness (QED) is 0.849. The Hall–Kier alpha value is -1.29. The maximum Gasteiger partial charge on any atom is 0.0663 e. The van der Waals surface area contributed by atoms with Crippen LogP contribution in [-0.2, 0) is 6.54 Å². The predicted molar refractivity (Wildman–Crippen MR) is 64.6 cm³/mol. The Kier molecular flexibility index (Phi) is 2.77. The highest BCUT2D eigenvalue weighted by molar-refractivity contribution is 9.10. The van der Waals surface area contributed by atoms with E-state index < -0.39 is 0 Å². The molecule has 1 aromatic carbocycles. The van der Waals surface area contributed by atoms with Gasteiger partial charge in [-0.25, -0.2) is 0 Å². The van der Waals surface area contributed by atoms with Crippen LogP contribution in [0.1, 0.15) is 11.3 Å². The molecule has 2 aromatic rings. The average Bonchev–Trinajstić information content (AvgIpc) is 2.59. The Bertz CT molecular complexity index is 476. The van der Waals surface area contributed by atoms with Gasteiger partial charge in [-0.05, 0) is 46.6 Å². The molecule has 0 aliphatic heterocycles. The first-order valence-corrected chi connectivity index (χ1v) is 5.48. The van der Waals surface area contributed by atoms with Crippen LogP contribution in [0.5, 0.6) is 0 Å². The van der Waals surface area contributed by atoms with Crippen LogP contribution in [0.25, 0.3) is 0 Å².